The number of fused-ring (bicyclic) bond motifs is 1. The summed E-state index contributed by atoms with van der Waals surface area (Å²) in [5.74, 6) is -0.833. The number of phenolic OH excluding ortho intramolecular Hbond substituents is 1. The molecular weight excluding hydrogens is 322 g/mol. The maximum atomic E-state index is 12.2. The molecule has 0 spiro atoms. The van der Waals surface area contributed by atoms with Crippen LogP contribution in [0.3, 0.4) is 0 Å². The molecule has 3 aromatic rings. The highest BCUT2D eigenvalue weighted by Gasteiger charge is 2.15. The molecule has 0 atom stereocenters. The Morgan fingerprint density at radius 1 is 1.13 bits per heavy atom. The van der Waals surface area contributed by atoms with Crippen LogP contribution in [-0.2, 0) is 9.84 Å². The molecule has 2 aromatic carbocycles. The molecule has 0 fully saturated rings. The minimum absolute atomic E-state index is 0.242. The maximum Gasteiger partial charge on any atom is 0.255 e. The second-order valence-electron chi connectivity index (χ2n) is 4.88. The largest absolute Gasteiger partial charge is 0.507 e. The van der Waals surface area contributed by atoms with Crippen molar-refractivity contribution in [3.63, 3.8) is 0 Å². The van der Waals surface area contributed by atoms with E-state index in [9.17, 15) is 18.3 Å². The third-order valence-corrected chi connectivity index (χ3v) is 4.26. The lowest BCUT2D eigenvalue weighted by Gasteiger charge is -2.08. The van der Waals surface area contributed by atoms with E-state index in [1.54, 1.807) is 12.1 Å². The average Bonchev–Trinajstić information content (AvgIpc) is 2.95. The lowest BCUT2D eigenvalue weighted by molar-refractivity contribution is 0.102. The number of rotatable bonds is 3. The Morgan fingerprint density at radius 2 is 1.87 bits per heavy atom. The second kappa shape index (κ2) is 5.36. The van der Waals surface area contributed by atoms with Gasteiger partial charge in [-0.1, -0.05) is 0 Å². The number of carbonyl (C=O) groups is 1. The number of aromatic nitrogens is 2. The van der Waals surface area contributed by atoms with Crippen molar-refractivity contribution in [2.45, 2.75) is 4.90 Å². The molecule has 1 heterocycles. The number of aromatic hydroxyl groups is 1. The van der Waals surface area contributed by atoms with Crippen molar-refractivity contribution in [2.75, 3.05) is 11.6 Å². The summed E-state index contributed by atoms with van der Waals surface area (Å²) in [6.07, 6.45) is 0.971. The van der Waals surface area contributed by atoms with E-state index in [-0.39, 0.29) is 16.3 Å². The summed E-state index contributed by atoms with van der Waals surface area (Å²) >= 11 is 0. The zero-order valence-electron chi connectivity index (χ0n) is 11.8. The highest BCUT2D eigenvalue weighted by atomic mass is 32.2. The minimum atomic E-state index is -3.61. The van der Waals surface area contributed by atoms with Crippen LogP contribution < -0.4 is 5.32 Å². The molecule has 0 bridgehead atoms. The fraction of sp³-hybridized carbons (Fsp3) is 0.0714. The van der Waals surface area contributed by atoms with Crippen LogP contribution in [0, 0.1) is 0 Å². The van der Waals surface area contributed by atoms with Crippen LogP contribution in [0.1, 0.15) is 10.4 Å². The van der Waals surface area contributed by atoms with Crippen molar-refractivity contribution in [3.8, 4) is 5.75 Å². The molecule has 0 saturated heterocycles. The van der Waals surface area contributed by atoms with Gasteiger partial charge in [-0.2, -0.15) is 0 Å². The van der Waals surface area contributed by atoms with Gasteiger partial charge in [-0.05, 0) is 46.7 Å². The van der Waals surface area contributed by atoms with Gasteiger partial charge in [-0.15, -0.1) is 0 Å². The van der Waals surface area contributed by atoms with Crippen molar-refractivity contribution >= 4 is 32.5 Å². The zero-order valence-corrected chi connectivity index (χ0v) is 12.7. The van der Waals surface area contributed by atoms with Crippen LogP contribution in [0.2, 0.25) is 0 Å². The van der Waals surface area contributed by atoms with Crippen LogP contribution in [0.15, 0.2) is 45.9 Å². The van der Waals surface area contributed by atoms with Gasteiger partial charge in [0.25, 0.3) is 5.91 Å². The summed E-state index contributed by atoms with van der Waals surface area (Å²) in [5, 5.41) is 19.4. The Labute approximate surface area is 130 Å². The molecule has 8 nitrogen and oxygen atoms in total. The number of nitrogens with one attached hydrogen (secondary N) is 1. The Morgan fingerprint density at radius 3 is 2.61 bits per heavy atom. The van der Waals surface area contributed by atoms with Gasteiger partial charge in [0.15, 0.2) is 9.84 Å². The monoisotopic (exact) mass is 333 g/mol. The van der Waals surface area contributed by atoms with Gasteiger partial charge in [0, 0.05) is 17.5 Å². The van der Waals surface area contributed by atoms with Gasteiger partial charge in [0.2, 0.25) is 0 Å². The molecule has 0 unspecified atom stereocenters. The molecule has 0 aliphatic carbocycles. The normalized spacial score (nSPS) is 11.5. The minimum Gasteiger partial charge on any atom is -0.507 e. The number of hydrogen-bond donors (Lipinski definition) is 2. The van der Waals surface area contributed by atoms with E-state index >= 15 is 0 Å². The van der Waals surface area contributed by atoms with E-state index in [4.69, 9.17) is 0 Å². The van der Waals surface area contributed by atoms with Crippen molar-refractivity contribution in [2.24, 2.45) is 0 Å². The highest BCUT2D eigenvalue weighted by molar-refractivity contribution is 7.90. The smallest absolute Gasteiger partial charge is 0.255 e. The molecule has 3 rings (SSSR count). The van der Waals surface area contributed by atoms with Crippen molar-refractivity contribution < 1.29 is 22.9 Å². The van der Waals surface area contributed by atoms with Crippen LogP contribution in [-0.4, -0.2) is 36.0 Å². The van der Waals surface area contributed by atoms with E-state index in [0.717, 1.165) is 6.26 Å². The summed E-state index contributed by atoms with van der Waals surface area (Å²) in [6.45, 7) is 0. The summed E-state index contributed by atoms with van der Waals surface area (Å²) in [4.78, 5) is 12.0. The molecule has 0 aliphatic rings. The van der Waals surface area contributed by atoms with Gasteiger partial charge < -0.3 is 10.4 Å². The third-order valence-electron chi connectivity index (χ3n) is 3.13. The summed E-state index contributed by atoms with van der Waals surface area (Å²) in [7, 11) is -3.61. The van der Waals surface area contributed by atoms with E-state index in [1.807, 2.05) is 0 Å². The number of phenols is 1. The SMILES string of the molecule is CS(=O)(=O)c1cc(NC(=O)c2ccc3nonc3c2)ccc1O. The Hall–Kier alpha value is -2.94. The number of hydrogen-bond acceptors (Lipinski definition) is 7. The second-order valence-corrected chi connectivity index (χ2v) is 6.86. The van der Waals surface area contributed by atoms with E-state index in [1.165, 1.54) is 24.3 Å². The van der Waals surface area contributed by atoms with Gasteiger partial charge in [0.1, 0.15) is 21.7 Å². The Bertz CT molecular complexity index is 1010. The third kappa shape index (κ3) is 2.99. The first-order valence-electron chi connectivity index (χ1n) is 6.41. The number of benzene rings is 2. The van der Waals surface area contributed by atoms with Gasteiger partial charge in [0.05, 0.1) is 0 Å². The molecule has 9 heteroatoms. The van der Waals surface area contributed by atoms with E-state index in [2.05, 4.69) is 20.3 Å². The number of carbonyl (C=O) groups excluding carboxylic acids is 1. The topological polar surface area (TPSA) is 122 Å². The van der Waals surface area contributed by atoms with Gasteiger partial charge >= 0.3 is 0 Å². The molecule has 1 amide bonds. The molecule has 118 valence electrons. The molecule has 1 aromatic heterocycles. The molecular formula is C14H11N3O5S. The number of amides is 1. The van der Waals surface area contributed by atoms with Gasteiger partial charge in [-0.3, -0.25) is 4.79 Å². The van der Waals surface area contributed by atoms with Crippen LogP contribution in [0.4, 0.5) is 5.69 Å². The van der Waals surface area contributed by atoms with E-state index < -0.39 is 15.7 Å². The Kier molecular flexibility index (Phi) is 3.49. The number of nitrogens with zero attached hydrogens (tertiary/aromatic N) is 2. The fourth-order valence-corrected chi connectivity index (χ4v) is 2.80. The van der Waals surface area contributed by atoms with E-state index in [0.29, 0.717) is 16.6 Å². The van der Waals surface area contributed by atoms with Crippen molar-refractivity contribution in [1.29, 1.82) is 0 Å². The average molecular weight is 333 g/mol. The quantitative estimate of drug-likeness (QED) is 0.698. The Balaban J connectivity index is 1.90. The molecule has 2 N–H and O–H groups in total. The number of anilines is 1. The summed E-state index contributed by atoms with van der Waals surface area (Å²) in [5.41, 5.74) is 1.50. The van der Waals surface area contributed by atoms with Crippen LogP contribution in [0.25, 0.3) is 11.0 Å². The van der Waals surface area contributed by atoms with Crippen molar-refractivity contribution in [1.82, 2.24) is 10.3 Å². The van der Waals surface area contributed by atoms with Crippen molar-refractivity contribution in [3.05, 3.63) is 42.0 Å². The van der Waals surface area contributed by atoms with Crippen LogP contribution >= 0.6 is 0 Å². The molecule has 0 aliphatic heterocycles. The fourth-order valence-electron chi connectivity index (χ4n) is 2.02. The van der Waals surface area contributed by atoms with Gasteiger partial charge in [-0.25, -0.2) is 13.0 Å². The zero-order chi connectivity index (χ0) is 16.6. The first-order chi connectivity index (χ1) is 10.8. The maximum absolute atomic E-state index is 12.2. The lowest BCUT2D eigenvalue weighted by Crippen LogP contribution is -2.12. The molecule has 0 saturated carbocycles. The lowest BCUT2D eigenvalue weighted by atomic mass is 10.2. The first-order valence-corrected chi connectivity index (χ1v) is 8.30. The predicted octanol–water partition coefficient (Wildman–Crippen LogP) is 1.58. The molecule has 23 heavy (non-hydrogen) atoms. The molecule has 0 radical (unpaired) electrons. The number of sulfone groups is 1. The summed E-state index contributed by atoms with van der Waals surface area (Å²) < 4.78 is 27.7. The first kappa shape index (κ1) is 15.0. The highest BCUT2D eigenvalue weighted by Crippen LogP contribution is 2.26. The summed E-state index contributed by atoms with van der Waals surface area (Å²) in [6, 6.07) is 8.42. The standard InChI is InChI=1S/C14H11N3O5S/c1-23(20,21)13-7-9(3-5-12(13)18)15-14(19)8-2-4-10-11(6-8)17-22-16-10/h2-7,18H,1H3,(H,15,19). The van der Waals surface area contributed by atoms with Crippen LogP contribution in [0.5, 0.6) is 5.75 Å². The predicted molar refractivity (Wildman–Crippen MR) is 81.0 cm³/mol.